The third-order valence-corrected chi connectivity index (χ3v) is 6.28. The number of unbranched alkanes of at least 4 members (excludes halogenated alkanes) is 1. The molecule has 1 saturated carbocycles. The SMILES string of the molecule is CCCCC(CCC1CCCCC1)Cc1ccccc1-c1ccccc1. The molecule has 0 heteroatoms. The zero-order valence-electron chi connectivity index (χ0n) is 16.6. The molecule has 0 N–H and O–H groups in total. The maximum absolute atomic E-state index is 2.36. The van der Waals surface area contributed by atoms with Gasteiger partial charge in [-0.1, -0.05) is 119 Å². The minimum absolute atomic E-state index is 0.849. The molecule has 1 atom stereocenters. The van der Waals surface area contributed by atoms with Crippen LogP contribution >= 0.6 is 0 Å². The van der Waals surface area contributed by atoms with Gasteiger partial charge in [-0.2, -0.15) is 0 Å². The van der Waals surface area contributed by atoms with Crippen molar-refractivity contribution >= 4 is 0 Å². The van der Waals surface area contributed by atoms with E-state index in [0.717, 1.165) is 11.8 Å². The molecule has 1 aliphatic carbocycles. The van der Waals surface area contributed by atoms with E-state index in [-0.39, 0.29) is 0 Å². The summed E-state index contributed by atoms with van der Waals surface area (Å²) in [7, 11) is 0. The Labute approximate surface area is 161 Å². The summed E-state index contributed by atoms with van der Waals surface area (Å²) >= 11 is 0. The first-order valence-corrected chi connectivity index (χ1v) is 11.0. The Hall–Kier alpha value is -1.56. The Morgan fingerprint density at radius 3 is 2.35 bits per heavy atom. The fraction of sp³-hybridized carbons (Fsp3) is 0.538. The van der Waals surface area contributed by atoms with Gasteiger partial charge in [0.2, 0.25) is 0 Å². The van der Waals surface area contributed by atoms with E-state index < -0.39 is 0 Å². The number of rotatable bonds is 9. The second kappa shape index (κ2) is 10.6. The second-order valence-corrected chi connectivity index (χ2v) is 8.32. The smallest absolute Gasteiger partial charge is 0.0152 e. The van der Waals surface area contributed by atoms with Crippen LogP contribution in [0.1, 0.15) is 76.7 Å². The highest BCUT2D eigenvalue weighted by atomic mass is 14.2. The summed E-state index contributed by atoms with van der Waals surface area (Å²) in [5, 5.41) is 0. The van der Waals surface area contributed by atoms with Crippen LogP contribution in [-0.4, -0.2) is 0 Å². The summed E-state index contributed by atoms with van der Waals surface area (Å²) < 4.78 is 0. The fourth-order valence-electron chi connectivity index (χ4n) is 4.70. The normalized spacial score (nSPS) is 16.5. The molecule has 0 bridgehead atoms. The van der Waals surface area contributed by atoms with Crippen LogP contribution in [0, 0.1) is 11.8 Å². The van der Waals surface area contributed by atoms with Crippen LogP contribution in [0.15, 0.2) is 54.6 Å². The van der Waals surface area contributed by atoms with Gasteiger partial charge in [-0.3, -0.25) is 0 Å². The van der Waals surface area contributed by atoms with Gasteiger partial charge in [0.05, 0.1) is 0 Å². The molecule has 1 unspecified atom stereocenters. The maximum atomic E-state index is 2.36. The van der Waals surface area contributed by atoms with E-state index in [1.165, 1.54) is 81.8 Å². The van der Waals surface area contributed by atoms with E-state index in [1.54, 1.807) is 5.56 Å². The molecule has 2 aromatic rings. The van der Waals surface area contributed by atoms with Gasteiger partial charge in [0, 0.05) is 0 Å². The predicted molar refractivity (Wildman–Crippen MR) is 114 cm³/mol. The zero-order valence-corrected chi connectivity index (χ0v) is 16.6. The lowest BCUT2D eigenvalue weighted by molar-refractivity contribution is 0.299. The molecule has 2 aromatic carbocycles. The van der Waals surface area contributed by atoms with E-state index in [9.17, 15) is 0 Å². The van der Waals surface area contributed by atoms with E-state index in [4.69, 9.17) is 0 Å². The van der Waals surface area contributed by atoms with Crippen LogP contribution in [0.3, 0.4) is 0 Å². The van der Waals surface area contributed by atoms with Crippen molar-refractivity contribution < 1.29 is 0 Å². The molecule has 0 radical (unpaired) electrons. The number of hydrogen-bond donors (Lipinski definition) is 0. The third-order valence-electron chi connectivity index (χ3n) is 6.28. The standard InChI is InChI=1S/C26H36/c1-2-3-12-23(20-19-22-13-6-4-7-14-22)21-25-17-10-11-18-26(25)24-15-8-5-9-16-24/h5,8-11,15-18,22-23H,2-4,6-7,12-14,19-21H2,1H3. The van der Waals surface area contributed by atoms with Gasteiger partial charge in [-0.15, -0.1) is 0 Å². The molecular weight excluding hydrogens is 312 g/mol. The van der Waals surface area contributed by atoms with Crippen molar-refractivity contribution in [2.24, 2.45) is 11.8 Å². The molecule has 0 aliphatic heterocycles. The quantitative estimate of drug-likeness (QED) is 0.430. The summed E-state index contributed by atoms with van der Waals surface area (Å²) in [6.07, 6.45) is 15.6. The van der Waals surface area contributed by atoms with Crippen molar-refractivity contribution in [1.29, 1.82) is 0 Å². The maximum Gasteiger partial charge on any atom is -0.0152 e. The minimum Gasteiger partial charge on any atom is -0.0654 e. The monoisotopic (exact) mass is 348 g/mol. The molecule has 0 aromatic heterocycles. The van der Waals surface area contributed by atoms with E-state index in [2.05, 4.69) is 61.5 Å². The zero-order chi connectivity index (χ0) is 18.0. The lowest BCUT2D eigenvalue weighted by atomic mass is 9.81. The molecule has 0 amide bonds. The molecule has 0 saturated heterocycles. The summed E-state index contributed by atoms with van der Waals surface area (Å²) in [5.41, 5.74) is 4.35. The molecule has 26 heavy (non-hydrogen) atoms. The molecule has 0 nitrogen and oxygen atoms in total. The summed E-state index contributed by atoms with van der Waals surface area (Å²) in [6, 6.07) is 20.0. The molecule has 140 valence electrons. The Bertz CT molecular complexity index is 621. The van der Waals surface area contributed by atoms with Crippen LogP contribution in [0.4, 0.5) is 0 Å². The molecule has 1 aliphatic rings. The molecular formula is C26H36. The Kier molecular flexibility index (Phi) is 7.80. The lowest BCUT2D eigenvalue weighted by Crippen LogP contribution is -2.11. The summed E-state index contributed by atoms with van der Waals surface area (Å²) in [6.45, 7) is 2.33. The average molecular weight is 349 g/mol. The predicted octanol–water partition coefficient (Wildman–Crippen LogP) is 8.06. The molecule has 1 fully saturated rings. The van der Waals surface area contributed by atoms with Crippen molar-refractivity contribution in [2.45, 2.75) is 77.6 Å². The van der Waals surface area contributed by atoms with E-state index in [0.29, 0.717) is 0 Å². The van der Waals surface area contributed by atoms with Crippen molar-refractivity contribution in [3.05, 3.63) is 60.2 Å². The van der Waals surface area contributed by atoms with Crippen LogP contribution in [0.2, 0.25) is 0 Å². The van der Waals surface area contributed by atoms with Gasteiger partial charge in [0.15, 0.2) is 0 Å². The van der Waals surface area contributed by atoms with Crippen LogP contribution in [0.5, 0.6) is 0 Å². The highest BCUT2D eigenvalue weighted by Gasteiger charge is 2.17. The van der Waals surface area contributed by atoms with Crippen molar-refractivity contribution in [1.82, 2.24) is 0 Å². The third kappa shape index (κ3) is 5.73. The van der Waals surface area contributed by atoms with Gasteiger partial charge < -0.3 is 0 Å². The Balaban J connectivity index is 1.68. The fourth-order valence-corrected chi connectivity index (χ4v) is 4.70. The van der Waals surface area contributed by atoms with Crippen molar-refractivity contribution in [3.63, 3.8) is 0 Å². The Morgan fingerprint density at radius 2 is 1.58 bits per heavy atom. The number of benzene rings is 2. The number of hydrogen-bond acceptors (Lipinski definition) is 0. The lowest BCUT2D eigenvalue weighted by Gasteiger charge is -2.25. The molecule has 0 spiro atoms. The second-order valence-electron chi connectivity index (χ2n) is 8.32. The average Bonchev–Trinajstić information content (AvgIpc) is 2.72. The van der Waals surface area contributed by atoms with Gasteiger partial charge in [-0.25, -0.2) is 0 Å². The summed E-state index contributed by atoms with van der Waals surface area (Å²) in [4.78, 5) is 0. The topological polar surface area (TPSA) is 0 Å². The summed E-state index contributed by atoms with van der Waals surface area (Å²) in [5.74, 6) is 1.86. The first-order valence-electron chi connectivity index (χ1n) is 11.0. The first-order chi connectivity index (χ1) is 12.9. The first kappa shape index (κ1) is 19.2. The van der Waals surface area contributed by atoms with E-state index in [1.807, 2.05) is 0 Å². The van der Waals surface area contributed by atoms with Crippen LogP contribution in [-0.2, 0) is 6.42 Å². The van der Waals surface area contributed by atoms with E-state index >= 15 is 0 Å². The van der Waals surface area contributed by atoms with Crippen LogP contribution < -0.4 is 0 Å². The largest absolute Gasteiger partial charge is 0.0654 e. The van der Waals surface area contributed by atoms with Gasteiger partial charge in [-0.05, 0) is 41.4 Å². The highest BCUT2D eigenvalue weighted by Crippen LogP contribution is 2.32. The highest BCUT2D eigenvalue weighted by molar-refractivity contribution is 5.67. The van der Waals surface area contributed by atoms with Gasteiger partial charge in [0.25, 0.3) is 0 Å². The Morgan fingerprint density at radius 1 is 0.846 bits per heavy atom. The van der Waals surface area contributed by atoms with Crippen molar-refractivity contribution in [2.75, 3.05) is 0 Å². The van der Waals surface area contributed by atoms with Gasteiger partial charge >= 0.3 is 0 Å². The molecule has 0 heterocycles. The van der Waals surface area contributed by atoms with Gasteiger partial charge in [0.1, 0.15) is 0 Å². The molecule has 3 rings (SSSR count). The van der Waals surface area contributed by atoms with Crippen LogP contribution in [0.25, 0.3) is 11.1 Å². The minimum atomic E-state index is 0.849. The van der Waals surface area contributed by atoms with Crippen molar-refractivity contribution in [3.8, 4) is 11.1 Å².